The van der Waals surface area contributed by atoms with Gasteiger partial charge in [-0.25, -0.2) is 0 Å². The Kier molecular flexibility index (Phi) is 3.55. The maximum absolute atomic E-state index is 10.5. The summed E-state index contributed by atoms with van der Waals surface area (Å²) in [5, 5.41) is 10.5. The fraction of sp³-hybridized carbons (Fsp3) is 0.333. The molecule has 2 N–H and O–H groups in total. The Morgan fingerprint density at radius 1 is 1.64 bits per heavy atom. The molecule has 0 aromatic heterocycles. The molecule has 1 aromatic carbocycles. The molecule has 5 nitrogen and oxygen atoms in total. The van der Waals surface area contributed by atoms with Gasteiger partial charge in [0.15, 0.2) is 0 Å². The minimum atomic E-state index is -0.441. The van der Waals surface area contributed by atoms with Gasteiger partial charge in [-0.2, -0.15) is 0 Å². The lowest BCUT2D eigenvalue weighted by atomic mass is 10.1. The van der Waals surface area contributed by atoms with Crippen molar-refractivity contribution < 1.29 is 9.66 Å². The number of nitrogens with two attached hydrogens (primary N) is 1. The molecule has 0 saturated heterocycles. The van der Waals surface area contributed by atoms with Crippen LogP contribution in [-0.2, 0) is 4.74 Å². The summed E-state index contributed by atoms with van der Waals surface area (Å²) in [5.41, 5.74) is 6.49. The fourth-order valence-electron chi connectivity index (χ4n) is 1.14. The molecule has 0 radical (unpaired) electrons. The van der Waals surface area contributed by atoms with Gasteiger partial charge in [0.1, 0.15) is 0 Å². The molecule has 1 atom stereocenters. The van der Waals surface area contributed by atoms with Crippen LogP contribution in [0.5, 0.6) is 0 Å². The van der Waals surface area contributed by atoms with Crippen LogP contribution in [-0.4, -0.2) is 18.6 Å². The minimum Gasteiger partial charge on any atom is -0.383 e. The lowest BCUT2D eigenvalue weighted by Crippen LogP contribution is -2.16. The molecule has 0 aliphatic heterocycles. The van der Waals surface area contributed by atoms with Crippen molar-refractivity contribution in [3.63, 3.8) is 0 Å². The number of rotatable bonds is 4. The van der Waals surface area contributed by atoms with E-state index < -0.39 is 4.92 Å². The highest BCUT2D eigenvalue weighted by Gasteiger charge is 2.10. The summed E-state index contributed by atoms with van der Waals surface area (Å²) >= 11 is 0. The van der Waals surface area contributed by atoms with Crippen LogP contribution < -0.4 is 5.73 Å². The zero-order valence-corrected chi connectivity index (χ0v) is 7.84. The van der Waals surface area contributed by atoms with Gasteiger partial charge in [-0.3, -0.25) is 10.1 Å². The molecular weight excluding hydrogens is 184 g/mol. The third kappa shape index (κ3) is 2.51. The molecule has 0 bridgehead atoms. The number of ether oxygens (including phenoxy) is 1. The smallest absolute Gasteiger partial charge is 0.269 e. The van der Waals surface area contributed by atoms with Crippen molar-refractivity contribution in [2.45, 2.75) is 6.04 Å². The van der Waals surface area contributed by atoms with Crippen LogP contribution in [0.15, 0.2) is 24.3 Å². The van der Waals surface area contributed by atoms with E-state index in [0.717, 1.165) is 0 Å². The summed E-state index contributed by atoms with van der Waals surface area (Å²) in [4.78, 5) is 10.0. The van der Waals surface area contributed by atoms with Crippen molar-refractivity contribution in [2.24, 2.45) is 5.73 Å². The maximum atomic E-state index is 10.5. The van der Waals surface area contributed by atoms with Gasteiger partial charge in [-0.1, -0.05) is 12.1 Å². The third-order valence-corrected chi connectivity index (χ3v) is 1.86. The van der Waals surface area contributed by atoms with Crippen molar-refractivity contribution in [3.8, 4) is 0 Å². The molecular formula is C9H12N2O3. The molecule has 1 unspecified atom stereocenters. The molecule has 5 heteroatoms. The summed E-state index contributed by atoms with van der Waals surface area (Å²) in [6, 6.07) is 5.94. The first-order valence-electron chi connectivity index (χ1n) is 4.14. The highest BCUT2D eigenvalue weighted by molar-refractivity contribution is 5.35. The minimum absolute atomic E-state index is 0.0500. The number of nitrogens with zero attached hydrogens (tertiary/aromatic N) is 1. The van der Waals surface area contributed by atoms with Crippen LogP contribution in [0.3, 0.4) is 0 Å². The van der Waals surface area contributed by atoms with Crippen LogP contribution in [0.1, 0.15) is 11.6 Å². The summed E-state index contributed by atoms with van der Waals surface area (Å²) in [7, 11) is 1.54. The molecule has 0 fully saturated rings. The third-order valence-electron chi connectivity index (χ3n) is 1.86. The van der Waals surface area contributed by atoms with Crippen LogP contribution in [0, 0.1) is 10.1 Å². The summed E-state index contributed by atoms with van der Waals surface area (Å²) in [5.74, 6) is 0. The largest absolute Gasteiger partial charge is 0.383 e. The molecule has 0 spiro atoms. The van der Waals surface area contributed by atoms with Gasteiger partial charge in [0.05, 0.1) is 17.6 Å². The molecule has 0 aliphatic carbocycles. The Morgan fingerprint density at radius 2 is 2.36 bits per heavy atom. The topological polar surface area (TPSA) is 78.4 Å². The number of benzene rings is 1. The van der Waals surface area contributed by atoms with Crippen molar-refractivity contribution in [3.05, 3.63) is 39.9 Å². The Hall–Kier alpha value is -1.46. The van der Waals surface area contributed by atoms with E-state index in [-0.39, 0.29) is 11.7 Å². The normalized spacial score (nSPS) is 12.4. The van der Waals surface area contributed by atoms with Crippen LogP contribution in [0.4, 0.5) is 5.69 Å². The number of non-ortho nitro benzene ring substituents is 1. The summed E-state index contributed by atoms with van der Waals surface area (Å²) in [6.45, 7) is 0.348. The first kappa shape index (κ1) is 10.6. The lowest BCUT2D eigenvalue weighted by Gasteiger charge is -2.09. The molecule has 76 valence electrons. The number of nitro groups is 1. The van der Waals surface area contributed by atoms with E-state index in [0.29, 0.717) is 12.2 Å². The quantitative estimate of drug-likeness (QED) is 0.580. The van der Waals surface area contributed by atoms with E-state index in [2.05, 4.69) is 0 Å². The molecule has 1 aromatic rings. The molecule has 0 heterocycles. The van der Waals surface area contributed by atoms with Gasteiger partial charge < -0.3 is 10.5 Å². The predicted molar refractivity (Wildman–Crippen MR) is 51.9 cm³/mol. The lowest BCUT2D eigenvalue weighted by molar-refractivity contribution is -0.384. The second-order valence-electron chi connectivity index (χ2n) is 2.91. The highest BCUT2D eigenvalue weighted by atomic mass is 16.6. The van der Waals surface area contributed by atoms with Gasteiger partial charge in [0.25, 0.3) is 5.69 Å². The van der Waals surface area contributed by atoms with Crippen LogP contribution in [0.2, 0.25) is 0 Å². The monoisotopic (exact) mass is 196 g/mol. The molecule has 0 amide bonds. The van der Waals surface area contributed by atoms with Crippen molar-refractivity contribution >= 4 is 5.69 Å². The zero-order valence-electron chi connectivity index (χ0n) is 7.84. The van der Waals surface area contributed by atoms with Crippen LogP contribution in [0.25, 0.3) is 0 Å². The van der Waals surface area contributed by atoms with E-state index >= 15 is 0 Å². The van der Waals surface area contributed by atoms with Gasteiger partial charge >= 0.3 is 0 Å². The molecule has 1 rings (SSSR count). The average Bonchev–Trinajstić information content (AvgIpc) is 2.18. The number of methoxy groups -OCH3 is 1. The second-order valence-corrected chi connectivity index (χ2v) is 2.91. The van der Waals surface area contributed by atoms with Gasteiger partial charge in [-0.15, -0.1) is 0 Å². The molecule has 0 saturated carbocycles. The Balaban J connectivity index is 2.87. The first-order valence-corrected chi connectivity index (χ1v) is 4.14. The zero-order chi connectivity index (χ0) is 10.6. The van der Waals surface area contributed by atoms with Crippen molar-refractivity contribution in [1.82, 2.24) is 0 Å². The van der Waals surface area contributed by atoms with Gasteiger partial charge in [0, 0.05) is 19.2 Å². The van der Waals surface area contributed by atoms with Crippen molar-refractivity contribution in [1.29, 1.82) is 0 Å². The van der Waals surface area contributed by atoms with Gasteiger partial charge in [0.2, 0.25) is 0 Å². The molecule has 14 heavy (non-hydrogen) atoms. The fourth-order valence-corrected chi connectivity index (χ4v) is 1.14. The second kappa shape index (κ2) is 4.69. The van der Waals surface area contributed by atoms with E-state index in [1.165, 1.54) is 19.2 Å². The Bertz CT molecular complexity index is 328. The van der Waals surface area contributed by atoms with E-state index in [1.54, 1.807) is 12.1 Å². The summed E-state index contributed by atoms with van der Waals surface area (Å²) in [6.07, 6.45) is 0. The maximum Gasteiger partial charge on any atom is 0.269 e. The Labute approximate surface area is 81.6 Å². The highest BCUT2D eigenvalue weighted by Crippen LogP contribution is 2.17. The van der Waals surface area contributed by atoms with E-state index in [4.69, 9.17) is 10.5 Å². The SMILES string of the molecule is COCC(N)c1cccc([N+](=O)[O-])c1. The van der Waals surface area contributed by atoms with Gasteiger partial charge in [-0.05, 0) is 5.56 Å². The first-order chi connectivity index (χ1) is 6.65. The predicted octanol–water partition coefficient (Wildman–Crippen LogP) is 1.24. The summed E-state index contributed by atoms with van der Waals surface area (Å²) < 4.78 is 4.86. The Morgan fingerprint density at radius 3 is 2.93 bits per heavy atom. The average molecular weight is 196 g/mol. The van der Waals surface area contributed by atoms with E-state index in [1.807, 2.05) is 0 Å². The standard InChI is InChI=1S/C9H12N2O3/c1-14-6-9(10)7-3-2-4-8(5-7)11(12)13/h2-5,9H,6,10H2,1H3. The number of hydrogen-bond acceptors (Lipinski definition) is 4. The van der Waals surface area contributed by atoms with E-state index in [9.17, 15) is 10.1 Å². The molecule has 0 aliphatic rings. The van der Waals surface area contributed by atoms with Crippen molar-refractivity contribution in [2.75, 3.05) is 13.7 Å². The number of nitro benzene ring substituents is 1. The number of hydrogen-bond donors (Lipinski definition) is 1. The van der Waals surface area contributed by atoms with Crippen LogP contribution >= 0.6 is 0 Å².